The number of aromatic nitrogens is 1. The first kappa shape index (κ1) is 15.3. The van der Waals surface area contributed by atoms with Crippen LogP contribution >= 0.6 is 0 Å². The number of carboxylic acids is 1. The van der Waals surface area contributed by atoms with Crippen LogP contribution in [-0.2, 0) is 9.84 Å². The molecule has 1 N–H and O–H groups in total. The van der Waals surface area contributed by atoms with E-state index in [1.165, 1.54) is 13.2 Å². The van der Waals surface area contributed by atoms with Crippen LogP contribution in [0.2, 0.25) is 0 Å². The number of ether oxygens (including phenoxy) is 2. The molecule has 1 aliphatic rings. The Labute approximate surface area is 131 Å². The summed E-state index contributed by atoms with van der Waals surface area (Å²) in [6.45, 7) is 0. The minimum atomic E-state index is -2.97. The standard InChI is InChI=1S/C14H13NO7S/c1-20-12-4-8(10-5-13(14(16)17)22-15-10)2-3-11(12)21-9-6-23(18,19)7-9/h2-5,9H,6-7H2,1H3,(H,16,17). The molecule has 1 aromatic heterocycles. The summed E-state index contributed by atoms with van der Waals surface area (Å²) in [6, 6.07) is 6.20. The maximum absolute atomic E-state index is 11.2. The van der Waals surface area contributed by atoms with Gasteiger partial charge in [0.25, 0.3) is 0 Å². The Morgan fingerprint density at radius 1 is 1.30 bits per heavy atom. The molecule has 3 rings (SSSR count). The molecule has 122 valence electrons. The van der Waals surface area contributed by atoms with Gasteiger partial charge in [0.2, 0.25) is 5.76 Å². The summed E-state index contributed by atoms with van der Waals surface area (Å²) in [7, 11) is -1.52. The van der Waals surface area contributed by atoms with Crippen LogP contribution < -0.4 is 9.47 Å². The third kappa shape index (κ3) is 3.14. The van der Waals surface area contributed by atoms with Gasteiger partial charge in [0.05, 0.1) is 18.6 Å². The van der Waals surface area contributed by atoms with Gasteiger partial charge in [-0.3, -0.25) is 0 Å². The molecule has 1 aromatic carbocycles. The van der Waals surface area contributed by atoms with Crippen LogP contribution in [0.1, 0.15) is 10.6 Å². The largest absolute Gasteiger partial charge is 0.493 e. The second-order valence-electron chi connectivity index (χ2n) is 5.06. The maximum atomic E-state index is 11.2. The first-order valence-corrected chi connectivity index (χ1v) is 8.45. The molecule has 0 unspecified atom stereocenters. The molecule has 0 bridgehead atoms. The summed E-state index contributed by atoms with van der Waals surface area (Å²) in [6.07, 6.45) is -0.384. The lowest BCUT2D eigenvalue weighted by molar-refractivity contribution is 0.0652. The molecule has 2 aromatic rings. The maximum Gasteiger partial charge on any atom is 0.374 e. The molecule has 1 saturated heterocycles. The average molecular weight is 339 g/mol. The Balaban J connectivity index is 1.82. The Bertz CT molecular complexity index is 844. The summed E-state index contributed by atoms with van der Waals surface area (Å²) in [4.78, 5) is 10.8. The number of sulfone groups is 1. The van der Waals surface area contributed by atoms with E-state index in [2.05, 4.69) is 5.16 Å². The molecule has 2 heterocycles. The normalized spacial score (nSPS) is 16.6. The van der Waals surface area contributed by atoms with E-state index in [-0.39, 0.29) is 23.4 Å². The first-order chi connectivity index (χ1) is 10.9. The van der Waals surface area contributed by atoms with Crippen molar-refractivity contribution in [2.75, 3.05) is 18.6 Å². The van der Waals surface area contributed by atoms with Gasteiger partial charge < -0.3 is 19.1 Å². The highest BCUT2D eigenvalue weighted by atomic mass is 32.2. The molecule has 8 nitrogen and oxygen atoms in total. The first-order valence-electron chi connectivity index (χ1n) is 6.63. The van der Waals surface area contributed by atoms with Gasteiger partial charge in [0.15, 0.2) is 21.3 Å². The summed E-state index contributed by atoms with van der Waals surface area (Å²) in [5, 5.41) is 12.5. The molecular formula is C14H13NO7S. The molecule has 0 atom stereocenters. The van der Waals surface area contributed by atoms with Gasteiger partial charge in [0, 0.05) is 11.6 Å². The van der Waals surface area contributed by atoms with E-state index in [0.717, 1.165) is 0 Å². The minimum Gasteiger partial charge on any atom is -0.493 e. The van der Waals surface area contributed by atoms with Crippen LogP contribution in [0.4, 0.5) is 0 Å². The molecule has 0 radical (unpaired) electrons. The van der Waals surface area contributed by atoms with E-state index in [9.17, 15) is 13.2 Å². The zero-order valence-corrected chi connectivity index (χ0v) is 12.9. The van der Waals surface area contributed by atoms with Crippen molar-refractivity contribution in [3.63, 3.8) is 0 Å². The minimum absolute atomic E-state index is 0.0108. The number of carbonyl (C=O) groups is 1. The lowest BCUT2D eigenvalue weighted by Gasteiger charge is -2.27. The number of methoxy groups -OCH3 is 1. The van der Waals surface area contributed by atoms with E-state index in [0.29, 0.717) is 22.8 Å². The zero-order valence-electron chi connectivity index (χ0n) is 12.1. The van der Waals surface area contributed by atoms with Crippen molar-refractivity contribution in [3.8, 4) is 22.8 Å². The molecular weight excluding hydrogens is 326 g/mol. The zero-order chi connectivity index (χ0) is 16.6. The van der Waals surface area contributed by atoms with Crippen molar-refractivity contribution in [2.24, 2.45) is 0 Å². The van der Waals surface area contributed by atoms with Crippen molar-refractivity contribution in [3.05, 3.63) is 30.0 Å². The Hall–Kier alpha value is -2.55. The Morgan fingerprint density at radius 2 is 2.04 bits per heavy atom. The highest BCUT2D eigenvalue weighted by molar-refractivity contribution is 7.92. The fourth-order valence-electron chi connectivity index (χ4n) is 2.20. The SMILES string of the molecule is COc1cc(-c2cc(C(=O)O)on2)ccc1OC1CS(=O)(=O)C1. The highest BCUT2D eigenvalue weighted by Gasteiger charge is 2.35. The number of benzene rings is 1. The molecule has 1 aliphatic heterocycles. The summed E-state index contributed by atoms with van der Waals surface area (Å²) >= 11 is 0. The van der Waals surface area contributed by atoms with Crippen molar-refractivity contribution in [1.29, 1.82) is 0 Å². The smallest absolute Gasteiger partial charge is 0.374 e. The van der Waals surface area contributed by atoms with E-state index in [1.807, 2.05) is 0 Å². The quantitative estimate of drug-likeness (QED) is 0.864. The predicted octanol–water partition coefficient (Wildman–Crippen LogP) is 1.22. The van der Waals surface area contributed by atoms with Crippen LogP contribution in [0, 0.1) is 0 Å². The number of nitrogens with zero attached hydrogens (tertiary/aromatic N) is 1. The van der Waals surface area contributed by atoms with E-state index in [1.54, 1.807) is 18.2 Å². The molecule has 1 fully saturated rings. The number of rotatable bonds is 5. The van der Waals surface area contributed by atoms with Gasteiger partial charge in [-0.1, -0.05) is 5.16 Å². The predicted molar refractivity (Wildman–Crippen MR) is 78.5 cm³/mol. The fraction of sp³-hybridized carbons (Fsp3) is 0.286. The van der Waals surface area contributed by atoms with Gasteiger partial charge in [-0.2, -0.15) is 0 Å². The van der Waals surface area contributed by atoms with Crippen LogP contribution in [0.15, 0.2) is 28.8 Å². The lowest BCUT2D eigenvalue weighted by atomic mass is 10.1. The topological polar surface area (TPSA) is 116 Å². The van der Waals surface area contributed by atoms with Crippen LogP contribution in [0.3, 0.4) is 0 Å². The van der Waals surface area contributed by atoms with E-state index >= 15 is 0 Å². The average Bonchev–Trinajstić information content (AvgIpc) is 2.95. The third-order valence-corrected chi connectivity index (χ3v) is 5.11. The van der Waals surface area contributed by atoms with Crippen LogP contribution in [0.25, 0.3) is 11.3 Å². The number of hydrogen-bond acceptors (Lipinski definition) is 7. The van der Waals surface area contributed by atoms with Crippen LogP contribution in [0.5, 0.6) is 11.5 Å². The van der Waals surface area contributed by atoms with Gasteiger partial charge >= 0.3 is 5.97 Å². The Morgan fingerprint density at radius 3 is 2.61 bits per heavy atom. The summed E-state index contributed by atoms with van der Waals surface area (Å²) in [5.41, 5.74) is 0.935. The molecule has 0 amide bonds. The second-order valence-corrected chi connectivity index (χ2v) is 7.22. The Kier molecular flexibility index (Phi) is 3.72. The van der Waals surface area contributed by atoms with Gasteiger partial charge in [-0.25, -0.2) is 13.2 Å². The lowest BCUT2D eigenvalue weighted by Crippen LogP contribution is -2.45. The molecule has 23 heavy (non-hydrogen) atoms. The van der Waals surface area contributed by atoms with E-state index in [4.69, 9.17) is 19.1 Å². The second kappa shape index (κ2) is 5.58. The van der Waals surface area contributed by atoms with Crippen LogP contribution in [-0.4, -0.2) is 49.4 Å². The van der Waals surface area contributed by atoms with Crippen molar-refractivity contribution < 1.29 is 32.3 Å². The highest BCUT2D eigenvalue weighted by Crippen LogP contribution is 2.34. The molecule has 0 saturated carbocycles. The monoisotopic (exact) mass is 339 g/mol. The molecule has 0 spiro atoms. The number of aromatic carboxylic acids is 1. The molecule has 9 heteroatoms. The third-order valence-electron chi connectivity index (χ3n) is 3.35. The van der Waals surface area contributed by atoms with Crippen molar-refractivity contribution in [2.45, 2.75) is 6.10 Å². The van der Waals surface area contributed by atoms with Gasteiger partial charge in [0.1, 0.15) is 11.8 Å². The fourth-order valence-corrected chi connectivity index (χ4v) is 3.37. The van der Waals surface area contributed by atoms with E-state index < -0.39 is 15.8 Å². The summed E-state index contributed by atoms with van der Waals surface area (Å²) < 4.78 is 37.9. The van der Waals surface area contributed by atoms with Gasteiger partial charge in [-0.15, -0.1) is 0 Å². The van der Waals surface area contributed by atoms with Gasteiger partial charge in [-0.05, 0) is 18.2 Å². The van der Waals surface area contributed by atoms with Crippen molar-refractivity contribution in [1.82, 2.24) is 5.16 Å². The van der Waals surface area contributed by atoms with Crippen molar-refractivity contribution >= 4 is 15.8 Å². The molecule has 0 aliphatic carbocycles. The number of hydrogen-bond donors (Lipinski definition) is 1. The summed E-state index contributed by atoms with van der Waals surface area (Å²) in [5.74, 6) is -0.683. The number of carboxylic acid groups (broad SMARTS) is 1.